The summed E-state index contributed by atoms with van der Waals surface area (Å²) in [4.78, 5) is 28.7. The number of oxazole rings is 1. The molecule has 0 bridgehead atoms. The van der Waals surface area contributed by atoms with Gasteiger partial charge in [0.25, 0.3) is 0 Å². The van der Waals surface area contributed by atoms with E-state index in [1.807, 2.05) is 18.2 Å². The Labute approximate surface area is 165 Å². The number of benzene rings is 1. The summed E-state index contributed by atoms with van der Waals surface area (Å²) in [5, 5.41) is 10.8. The smallest absolute Gasteiger partial charge is 0.419 e. The summed E-state index contributed by atoms with van der Waals surface area (Å²) in [7, 11) is 0. The normalized spacial score (nSPS) is 18.2. The summed E-state index contributed by atoms with van der Waals surface area (Å²) < 4.78 is 14.7. The third-order valence-electron chi connectivity index (χ3n) is 5.88. The van der Waals surface area contributed by atoms with Crippen LogP contribution in [0.2, 0.25) is 0 Å². The summed E-state index contributed by atoms with van der Waals surface area (Å²) in [6.45, 7) is 3.88. The van der Waals surface area contributed by atoms with Crippen molar-refractivity contribution in [3.63, 3.8) is 0 Å². The molecule has 0 N–H and O–H groups in total. The summed E-state index contributed by atoms with van der Waals surface area (Å²) in [6.07, 6.45) is 3.99. The number of aryl methyl sites for hydroxylation is 1. The predicted octanol–water partition coefficient (Wildman–Crippen LogP) is 2.02. The number of piperidine rings is 1. The molecular weight excluding hydrogens is 378 g/mol. The highest BCUT2D eigenvalue weighted by molar-refractivity contribution is 5.72. The van der Waals surface area contributed by atoms with E-state index in [-0.39, 0.29) is 17.2 Å². The van der Waals surface area contributed by atoms with Crippen molar-refractivity contribution in [2.24, 2.45) is 0 Å². The average molecular weight is 399 g/mol. The fourth-order valence-corrected chi connectivity index (χ4v) is 4.33. The van der Waals surface area contributed by atoms with Gasteiger partial charge in [0.2, 0.25) is 0 Å². The number of imidazole rings is 1. The van der Waals surface area contributed by atoms with Crippen LogP contribution in [0.15, 0.2) is 39.7 Å². The number of nitrogens with zero attached hydrogens (tertiary/aromatic N) is 5. The molecule has 29 heavy (non-hydrogen) atoms. The fourth-order valence-electron chi connectivity index (χ4n) is 4.33. The average Bonchev–Trinajstić information content (AvgIpc) is 3.33. The Balaban J connectivity index is 1.15. The van der Waals surface area contributed by atoms with Crippen LogP contribution >= 0.6 is 0 Å². The van der Waals surface area contributed by atoms with Crippen LogP contribution in [0.25, 0.3) is 11.1 Å². The molecule has 0 unspecified atom stereocenters. The van der Waals surface area contributed by atoms with E-state index < -0.39 is 4.92 Å². The van der Waals surface area contributed by atoms with Gasteiger partial charge >= 0.3 is 17.6 Å². The highest BCUT2D eigenvalue weighted by Crippen LogP contribution is 2.37. The lowest BCUT2D eigenvalue weighted by Crippen LogP contribution is -2.48. The summed E-state index contributed by atoms with van der Waals surface area (Å²) >= 11 is 0. The molecule has 152 valence electrons. The van der Waals surface area contributed by atoms with Gasteiger partial charge in [-0.2, -0.15) is 0 Å². The number of fused-ring (bicyclic) bond motifs is 2. The van der Waals surface area contributed by atoms with E-state index in [9.17, 15) is 14.9 Å². The maximum atomic E-state index is 12.1. The second-order valence-electron chi connectivity index (χ2n) is 7.73. The Morgan fingerprint density at radius 1 is 1.21 bits per heavy atom. The number of hydrogen-bond donors (Lipinski definition) is 0. The molecule has 0 amide bonds. The molecular formula is C19H21N5O5. The van der Waals surface area contributed by atoms with Crippen molar-refractivity contribution < 1.29 is 14.1 Å². The SMILES string of the molecule is O=c1oc2ccccc2n1CCCN1CCC2(CC1)Cn1cc([N+](=O)[O-])nc1O2. The zero-order valence-electron chi connectivity index (χ0n) is 15.8. The molecule has 3 aromatic rings. The molecule has 1 aromatic carbocycles. The number of para-hydroxylation sites is 2. The molecule has 5 rings (SSSR count). The second kappa shape index (κ2) is 6.73. The van der Waals surface area contributed by atoms with E-state index >= 15 is 0 Å². The molecule has 1 fully saturated rings. The van der Waals surface area contributed by atoms with Gasteiger partial charge in [-0.05, 0) is 30.0 Å². The summed E-state index contributed by atoms with van der Waals surface area (Å²) in [5.41, 5.74) is 1.14. The van der Waals surface area contributed by atoms with Crippen molar-refractivity contribution in [1.82, 2.24) is 19.0 Å². The Morgan fingerprint density at radius 3 is 2.76 bits per heavy atom. The van der Waals surface area contributed by atoms with Gasteiger partial charge in [0.15, 0.2) is 5.58 Å². The first-order valence-corrected chi connectivity index (χ1v) is 9.74. The largest absolute Gasteiger partial charge is 0.437 e. The van der Waals surface area contributed by atoms with Crippen LogP contribution in [0, 0.1) is 10.1 Å². The molecule has 4 heterocycles. The molecule has 0 aliphatic carbocycles. The number of nitro groups is 1. The predicted molar refractivity (Wildman–Crippen MR) is 103 cm³/mol. The van der Waals surface area contributed by atoms with Crippen molar-refractivity contribution in [2.75, 3.05) is 19.6 Å². The van der Waals surface area contributed by atoms with Crippen molar-refractivity contribution in [2.45, 2.75) is 38.0 Å². The van der Waals surface area contributed by atoms with Crippen LogP contribution < -0.4 is 10.5 Å². The number of likely N-dealkylation sites (tertiary alicyclic amines) is 1. The lowest BCUT2D eigenvalue weighted by Gasteiger charge is -2.37. The minimum absolute atomic E-state index is 0.172. The summed E-state index contributed by atoms with van der Waals surface area (Å²) in [5.74, 6) is -0.485. The molecule has 10 nitrogen and oxygen atoms in total. The van der Waals surface area contributed by atoms with Gasteiger partial charge in [0.05, 0.1) is 12.1 Å². The zero-order valence-corrected chi connectivity index (χ0v) is 15.8. The van der Waals surface area contributed by atoms with Gasteiger partial charge in [0, 0.05) is 37.5 Å². The van der Waals surface area contributed by atoms with E-state index in [4.69, 9.17) is 9.15 Å². The Kier molecular flexibility index (Phi) is 4.16. The standard InChI is InChI=1S/C19H21N5O5/c25-18-23(14-4-1-2-5-15(14)28-18)9-3-8-21-10-6-19(7-11-21)13-22-12-16(24(26)27)20-17(22)29-19/h1-2,4-5,12H,3,6-11,13H2. The van der Waals surface area contributed by atoms with Gasteiger partial charge < -0.3 is 24.2 Å². The first kappa shape index (κ1) is 17.9. The van der Waals surface area contributed by atoms with Crippen LogP contribution in [-0.2, 0) is 13.1 Å². The van der Waals surface area contributed by atoms with Gasteiger partial charge in [-0.1, -0.05) is 12.1 Å². The van der Waals surface area contributed by atoms with Gasteiger partial charge in [-0.15, -0.1) is 0 Å². The molecule has 0 saturated carbocycles. The molecule has 0 atom stereocenters. The first-order chi connectivity index (χ1) is 14.0. The maximum Gasteiger partial charge on any atom is 0.419 e. The number of hydrogen-bond acceptors (Lipinski definition) is 7. The molecule has 0 radical (unpaired) electrons. The van der Waals surface area contributed by atoms with Crippen LogP contribution in [0.3, 0.4) is 0 Å². The van der Waals surface area contributed by atoms with E-state index in [0.29, 0.717) is 24.7 Å². The van der Waals surface area contributed by atoms with E-state index in [2.05, 4.69) is 9.88 Å². The lowest BCUT2D eigenvalue weighted by atomic mass is 9.91. The van der Waals surface area contributed by atoms with Crippen LogP contribution in [-0.4, -0.2) is 49.2 Å². The quantitative estimate of drug-likeness (QED) is 0.477. The van der Waals surface area contributed by atoms with Crippen LogP contribution in [0.4, 0.5) is 5.82 Å². The lowest BCUT2D eigenvalue weighted by molar-refractivity contribution is -0.389. The monoisotopic (exact) mass is 399 g/mol. The second-order valence-corrected chi connectivity index (χ2v) is 7.73. The molecule has 1 spiro atoms. The van der Waals surface area contributed by atoms with E-state index in [1.54, 1.807) is 15.2 Å². The van der Waals surface area contributed by atoms with Gasteiger partial charge in [-0.25, -0.2) is 4.79 Å². The minimum atomic E-state index is -0.501. The highest BCUT2D eigenvalue weighted by atomic mass is 16.6. The third-order valence-corrected chi connectivity index (χ3v) is 5.88. The third kappa shape index (κ3) is 3.19. The topological polar surface area (TPSA) is 109 Å². The summed E-state index contributed by atoms with van der Waals surface area (Å²) in [6, 6.07) is 7.80. The molecule has 2 aliphatic rings. The first-order valence-electron chi connectivity index (χ1n) is 9.74. The maximum absolute atomic E-state index is 12.1. The number of aromatic nitrogens is 3. The van der Waals surface area contributed by atoms with Crippen molar-refractivity contribution >= 4 is 16.9 Å². The molecule has 10 heteroatoms. The Morgan fingerprint density at radius 2 is 2.00 bits per heavy atom. The Hall–Kier alpha value is -3.14. The van der Waals surface area contributed by atoms with Gasteiger partial charge in [-0.3, -0.25) is 9.13 Å². The molecule has 2 aliphatic heterocycles. The Bertz CT molecular complexity index is 1100. The van der Waals surface area contributed by atoms with Crippen LogP contribution in [0.5, 0.6) is 6.01 Å². The number of ether oxygens (including phenoxy) is 1. The van der Waals surface area contributed by atoms with Crippen molar-refractivity contribution in [3.8, 4) is 6.01 Å². The van der Waals surface area contributed by atoms with Gasteiger partial charge in [0.1, 0.15) is 11.8 Å². The van der Waals surface area contributed by atoms with Crippen molar-refractivity contribution in [3.05, 3.63) is 51.1 Å². The molecule has 2 aromatic heterocycles. The fraction of sp³-hybridized carbons (Fsp3) is 0.474. The van der Waals surface area contributed by atoms with Crippen molar-refractivity contribution in [1.29, 1.82) is 0 Å². The highest BCUT2D eigenvalue weighted by Gasteiger charge is 2.45. The number of rotatable bonds is 5. The zero-order chi connectivity index (χ0) is 20.0. The van der Waals surface area contributed by atoms with E-state index in [0.717, 1.165) is 44.4 Å². The molecule has 1 saturated heterocycles. The minimum Gasteiger partial charge on any atom is -0.437 e. The van der Waals surface area contributed by atoms with E-state index in [1.165, 1.54) is 6.20 Å². The van der Waals surface area contributed by atoms with Crippen LogP contribution in [0.1, 0.15) is 19.3 Å².